The molecule has 2 N–H and O–H groups in total. The highest BCUT2D eigenvalue weighted by molar-refractivity contribution is 9.10. The first-order valence-corrected chi connectivity index (χ1v) is 6.80. The molecular weight excluding hydrogens is 290 g/mol. The standard InChI is InChI=1S/C14H16BrN3/c1-3-6-12-17-13(9(2)14(16)18-12)10-7-4-5-8-11(10)15/h4-5,7-8H,3,6H2,1-2H3,(H2,16,17,18). The summed E-state index contributed by atoms with van der Waals surface area (Å²) >= 11 is 3.55. The first-order chi connectivity index (χ1) is 8.63. The van der Waals surface area contributed by atoms with Gasteiger partial charge in [-0.05, 0) is 19.4 Å². The maximum absolute atomic E-state index is 5.97. The highest BCUT2D eigenvalue weighted by Gasteiger charge is 2.12. The molecule has 2 rings (SSSR count). The van der Waals surface area contributed by atoms with E-state index in [2.05, 4.69) is 32.8 Å². The Morgan fingerprint density at radius 3 is 2.61 bits per heavy atom. The van der Waals surface area contributed by atoms with Crippen molar-refractivity contribution in [2.75, 3.05) is 5.73 Å². The highest BCUT2D eigenvalue weighted by Crippen LogP contribution is 2.30. The SMILES string of the molecule is CCCc1nc(N)c(C)c(-c2ccccc2Br)n1. The van der Waals surface area contributed by atoms with Crippen molar-refractivity contribution >= 4 is 21.7 Å². The summed E-state index contributed by atoms with van der Waals surface area (Å²) in [4.78, 5) is 8.96. The van der Waals surface area contributed by atoms with E-state index in [4.69, 9.17) is 5.73 Å². The molecule has 0 spiro atoms. The van der Waals surface area contributed by atoms with Crippen LogP contribution in [0.25, 0.3) is 11.3 Å². The first-order valence-electron chi connectivity index (χ1n) is 6.01. The second kappa shape index (κ2) is 5.48. The maximum Gasteiger partial charge on any atom is 0.131 e. The molecule has 0 saturated heterocycles. The molecule has 3 nitrogen and oxygen atoms in total. The van der Waals surface area contributed by atoms with Crippen LogP contribution in [0.5, 0.6) is 0 Å². The fourth-order valence-corrected chi connectivity index (χ4v) is 2.31. The van der Waals surface area contributed by atoms with Gasteiger partial charge >= 0.3 is 0 Å². The molecule has 0 amide bonds. The van der Waals surface area contributed by atoms with Gasteiger partial charge < -0.3 is 5.73 Å². The van der Waals surface area contributed by atoms with Crippen molar-refractivity contribution in [3.63, 3.8) is 0 Å². The van der Waals surface area contributed by atoms with Crippen molar-refractivity contribution in [2.24, 2.45) is 0 Å². The predicted octanol–water partition coefficient (Wildman–Crippen LogP) is 3.75. The van der Waals surface area contributed by atoms with E-state index in [0.717, 1.165) is 40.0 Å². The maximum atomic E-state index is 5.97. The second-order valence-electron chi connectivity index (χ2n) is 4.23. The van der Waals surface area contributed by atoms with Crippen LogP contribution in [0.3, 0.4) is 0 Å². The molecule has 0 aliphatic carbocycles. The molecular formula is C14H16BrN3. The summed E-state index contributed by atoms with van der Waals surface area (Å²) in [7, 11) is 0. The van der Waals surface area contributed by atoms with Crippen molar-refractivity contribution in [3.8, 4) is 11.3 Å². The summed E-state index contributed by atoms with van der Waals surface area (Å²) in [6.45, 7) is 4.07. The number of benzene rings is 1. The molecule has 1 heterocycles. The number of hydrogen-bond acceptors (Lipinski definition) is 3. The number of halogens is 1. The molecule has 1 aromatic heterocycles. The number of nitrogens with two attached hydrogens (primary N) is 1. The van der Waals surface area contributed by atoms with Gasteiger partial charge in [0.1, 0.15) is 11.6 Å². The van der Waals surface area contributed by atoms with Gasteiger partial charge in [0, 0.05) is 22.0 Å². The largest absolute Gasteiger partial charge is 0.383 e. The Morgan fingerprint density at radius 1 is 1.22 bits per heavy atom. The van der Waals surface area contributed by atoms with E-state index in [0.29, 0.717) is 5.82 Å². The highest BCUT2D eigenvalue weighted by atomic mass is 79.9. The van der Waals surface area contributed by atoms with E-state index in [-0.39, 0.29) is 0 Å². The molecule has 0 atom stereocenters. The van der Waals surface area contributed by atoms with Gasteiger partial charge in [0.25, 0.3) is 0 Å². The fourth-order valence-electron chi connectivity index (χ4n) is 1.83. The summed E-state index contributed by atoms with van der Waals surface area (Å²) in [6, 6.07) is 8.03. The lowest BCUT2D eigenvalue weighted by Gasteiger charge is -2.11. The second-order valence-corrected chi connectivity index (χ2v) is 5.08. The third kappa shape index (κ3) is 2.53. The molecule has 0 radical (unpaired) electrons. The molecule has 1 aromatic carbocycles. The predicted molar refractivity (Wildman–Crippen MR) is 78.3 cm³/mol. The minimum atomic E-state index is 0.569. The first kappa shape index (κ1) is 13.0. The van der Waals surface area contributed by atoms with Crippen molar-refractivity contribution < 1.29 is 0 Å². The molecule has 0 aliphatic rings. The van der Waals surface area contributed by atoms with Crippen LogP contribution in [0.1, 0.15) is 24.7 Å². The summed E-state index contributed by atoms with van der Waals surface area (Å²) < 4.78 is 1.02. The summed E-state index contributed by atoms with van der Waals surface area (Å²) in [5.74, 6) is 1.38. The van der Waals surface area contributed by atoms with Crippen LogP contribution in [0.2, 0.25) is 0 Å². The Hall–Kier alpha value is -1.42. The molecule has 2 aromatic rings. The van der Waals surface area contributed by atoms with E-state index in [1.165, 1.54) is 0 Å². The molecule has 0 saturated carbocycles. The van der Waals surface area contributed by atoms with Crippen molar-refractivity contribution in [1.82, 2.24) is 9.97 Å². The van der Waals surface area contributed by atoms with Crippen LogP contribution >= 0.6 is 15.9 Å². The number of aryl methyl sites for hydroxylation is 1. The number of anilines is 1. The molecule has 0 aliphatic heterocycles. The zero-order valence-electron chi connectivity index (χ0n) is 10.6. The topological polar surface area (TPSA) is 51.8 Å². The van der Waals surface area contributed by atoms with Gasteiger partial charge in [0.2, 0.25) is 0 Å². The number of rotatable bonds is 3. The third-order valence-corrected chi connectivity index (χ3v) is 3.52. The minimum Gasteiger partial charge on any atom is -0.383 e. The Bertz CT molecular complexity index is 567. The minimum absolute atomic E-state index is 0.569. The monoisotopic (exact) mass is 305 g/mol. The average molecular weight is 306 g/mol. The van der Waals surface area contributed by atoms with E-state index in [1.807, 2.05) is 31.2 Å². The van der Waals surface area contributed by atoms with Crippen LogP contribution in [0, 0.1) is 6.92 Å². The summed E-state index contributed by atoms with van der Waals surface area (Å²) in [6.07, 6.45) is 1.86. The van der Waals surface area contributed by atoms with E-state index in [1.54, 1.807) is 0 Å². The van der Waals surface area contributed by atoms with Crippen LogP contribution in [0.4, 0.5) is 5.82 Å². The Balaban J connectivity index is 2.59. The fraction of sp³-hybridized carbons (Fsp3) is 0.286. The molecule has 18 heavy (non-hydrogen) atoms. The van der Waals surface area contributed by atoms with Crippen LogP contribution in [-0.2, 0) is 6.42 Å². The van der Waals surface area contributed by atoms with Gasteiger partial charge in [0.05, 0.1) is 5.69 Å². The zero-order valence-corrected chi connectivity index (χ0v) is 12.2. The Morgan fingerprint density at radius 2 is 1.94 bits per heavy atom. The zero-order chi connectivity index (χ0) is 13.1. The smallest absolute Gasteiger partial charge is 0.131 e. The lowest BCUT2D eigenvalue weighted by Crippen LogP contribution is -2.05. The molecule has 0 unspecified atom stereocenters. The number of nitrogens with zero attached hydrogens (tertiary/aromatic N) is 2. The summed E-state index contributed by atoms with van der Waals surface area (Å²) in [5, 5.41) is 0. The van der Waals surface area contributed by atoms with Crippen LogP contribution < -0.4 is 5.73 Å². The Labute approximate surface area is 116 Å². The van der Waals surface area contributed by atoms with Gasteiger partial charge in [-0.25, -0.2) is 9.97 Å². The molecule has 0 fully saturated rings. The molecule has 0 bridgehead atoms. The quantitative estimate of drug-likeness (QED) is 0.939. The van der Waals surface area contributed by atoms with Gasteiger partial charge in [-0.2, -0.15) is 0 Å². The third-order valence-electron chi connectivity index (χ3n) is 2.83. The van der Waals surface area contributed by atoms with E-state index in [9.17, 15) is 0 Å². The normalized spacial score (nSPS) is 10.6. The number of aromatic nitrogens is 2. The van der Waals surface area contributed by atoms with Crippen LogP contribution in [-0.4, -0.2) is 9.97 Å². The van der Waals surface area contributed by atoms with Gasteiger partial charge in [-0.3, -0.25) is 0 Å². The van der Waals surface area contributed by atoms with Crippen molar-refractivity contribution in [2.45, 2.75) is 26.7 Å². The van der Waals surface area contributed by atoms with Crippen molar-refractivity contribution in [3.05, 3.63) is 40.1 Å². The van der Waals surface area contributed by atoms with Gasteiger partial charge in [-0.15, -0.1) is 0 Å². The van der Waals surface area contributed by atoms with Gasteiger partial charge in [-0.1, -0.05) is 41.1 Å². The lowest BCUT2D eigenvalue weighted by molar-refractivity contribution is 0.836. The summed E-state index contributed by atoms with van der Waals surface area (Å²) in [5.41, 5.74) is 8.88. The molecule has 94 valence electrons. The van der Waals surface area contributed by atoms with Crippen molar-refractivity contribution in [1.29, 1.82) is 0 Å². The average Bonchev–Trinajstić information content (AvgIpc) is 2.35. The van der Waals surface area contributed by atoms with E-state index >= 15 is 0 Å². The number of nitrogen functional groups attached to an aromatic ring is 1. The molecule has 4 heteroatoms. The van der Waals surface area contributed by atoms with E-state index < -0.39 is 0 Å². The Kier molecular flexibility index (Phi) is 3.97. The number of hydrogen-bond donors (Lipinski definition) is 1. The van der Waals surface area contributed by atoms with Crippen LogP contribution in [0.15, 0.2) is 28.7 Å². The lowest BCUT2D eigenvalue weighted by atomic mass is 10.1. The van der Waals surface area contributed by atoms with Gasteiger partial charge in [0.15, 0.2) is 0 Å².